The van der Waals surface area contributed by atoms with Crippen LogP contribution in [0.15, 0.2) is 18.2 Å². The van der Waals surface area contributed by atoms with Crippen LogP contribution in [0.1, 0.15) is 24.2 Å². The quantitative estimate of drug-likeness (QED) is 0.707. The average Bonchev–Trinajstić information content (AvgIpc) is 2.53. The fourth-order valence-corrected chi connectivity index (χ4v) is 1.90. The van der Waals surface area contributed by atoms with Gasteiger partial charge in [0, 0.05) is 12.6 Å². The van der Waals surface area contributed by atoms with Gasteiger partial charge in [-0.3, -0.25) is 9.59 Å². The summed E-state index contributed by atoms with van der Waals surface area (Å²) >= 11 is 5.86. The summed E-state index contributed by atoms with van der Waals surface area (Å²) in [4.78, 5) is 35.7. The molecule has 0 aliphatic carbocycles. The Morgan fingerprint density at radius 2 is 1.81 bits per heavy atom. The summed E-state index contributed by atoms with van der Waals surface area (Å²) in [6.45, 7) is 1.58. The molecule has 2 amide bonds. The fourth-order valence-electron chi connectivity index (χ4n) is 1.67. The Bertz CT molecular complexity index is 736. The van der Waals surface area contributed by atoms with Gasteiger partial charge in [0.25, 0.3) is 11.8 Å². The number of benzene rings is 1. The van der Waals surface area contributed by atoms with E-state index >= 15 is 0 Å². The summed E-state index contributed by atoms with van der Waals surface area (Å²) in [5.41, 5.74) is -3.93. The predicted molar refractivity (Wildman–Crippen MR) is 86.0 cm³/mol. The van der Waals surface area contributed by atoms with E-state index in [9.17, 15) is 32.7 Å². The first-order valence-electron chi connectivity index (χ1n) is 7.10. The molecule has 0 saturated carbocycles. The zero-order chi connectivity index (χ0) is 20.4. The number of amides is 2. The standard InChI is InChI=1S/C15H16ClF3N2O5/c1-7(12(23)24)21(3)11(22)8-4-5-10(9(16)6-8)20-13(25)14(2,26)15(17,18)19/h4-7,26H,1-3H3,(H,20,25)(H,23,24)/t7-,14+/m0/s1. The monoisotopic (exact) mass is 396 g/mol. The first kappa shape index (κ1) is 21.7. The van der Waals surface area contributed by atoms with Crippen molar-refractivity contribution in [3.05, 3.63) is 28.8 Å². The number of aliphatic carboxylic acids is 1. The fraction of sp³-hybridized carbons (Fsp3) is 0.400. The van der Waals surface area contributed by atoms with Crippen molar-refractivity contribution in [3.63, 3.8) is 0 Å². The van der Waals surface area contributed by atoms with E-state index in [4.69, 9.17) is 16.7 Å². The summed E-state index contributed by atoms with van der Waals surface area (Å²) in [6.07, 6.45) is -5.20. The second-order valence-corrected chi connectivity index (χ2v) is 6.06. The highest BCUT2D eigenvalue weighted by atomic mass is 35.5. The lowest BCUT2D eigenvalue weighted by Crippen LogP contribution is -2.52. The molecule has 2 atom stereocenters. The van der Waals surface area contributed by atoms with Crippen LogP contribution in [-0.2, 0) is 9.59 Å². The highest BCUT2D eigenvalue weighted by Gasteiger charge is 2.55. The number of carbonyl (C=O) groups excluding carboxylic acids is 2. The topological polar surface area (TPSA) is 107 Å². The lowest BCUT2D eigenvalue weighted by atomic mass is 10.1. The van der Waals surface area contributed by atoms with E-state index in [1.54, 1.807) is 0 Å². The summed E-state index contributed by atoms with van der Waals surface area (Å²) in [6, 6.07) is 2.16. The molecule has 26 heavy (non-hydrogen) atoms. The Hall–Kier alpha value is -2.33. The summed E-state index contributed by atoms with van der Waals surface area (Å²) in [5, 5.41) is 19.8. The minimum atomic E-state index is -5.20. The van der Waals surface area contributed by atoms with Gasteiger partial charge < -0.3 is 20.4 Å². The number of halogens is 4. The molecule has 7 nitrogen and oxygen atoms in total. The number of likely N-dealkylation sites (N-methyl/N-ethyl adjacent to an activating group) is 1. The lowest BCUT2D eigenvalue weighted by Gasteiger charge is -2.25. The SMILES string of the molecule is C[C@@H](C(=O)O)N(C)C(=O)c1ccc(NC(=O)[C@@](C)(O)C(F)(F)F)c(Cl)c1. The number of nitrogens with zero attached hydrogens (tertiary/aromatic N) is 1. The van der Waals surface area contributed by atoms with Gasteiger partial charge >= 0.3 is 12.1 Å². The first-order chi connectivity index (χ1) is 11.7. The molecule has 0 spiro atoms. The maximum atomic E-state index is 12.6. The Balaban J connectivity index is 3.03. The number of aliphatic hydroxyl groups is 1. The molecule has 11 heteroatoms. The van der Waals surface area contributed by atoms with Crippen LogP contribution in [0.2, 0.25) is 5.02 Å². The van der Waals surface area contributed by atoms with Crippen molar-refractivity contribution in [1.82, 2.24) is 4.90 Å². The molecule has 0 aliphatic heterocycles. The summed E-state index contributed by atoms with van der Waals surface area (Å²) < 4.78 is 37.9. The number of nitrogens with one attached hydrogen (secondary N) is 1. The second kappa shape index (κ2) is 7.50. The van der Waals surface area contributed by atoms with Crippen LogP contribution in [0.4, 0.5) is 18.9 Å². The molecule has 0 saturated heterocycles. The van der Waals surface area contributed by atoms with Crippen molar-refractivity contribution >= 4 is 35.1 Å². The maximum Gasteiger partial charge on any atom is 0.426 e. The Morgan fingerprint density at radius 3 is 2.23 bits per heavy atom. The molecule has 0 radical (unpaired) electrons. The number of carboxylic acids is 1. The second-order valence-electron chi connectivity index (χ2n) is 5.65. The van der Waals surface area contributed by atoms with E-state index < -0.39 is 35.6 Å². The van der Waals surface area contributed by atoms with Crippen LogP contribution in [0.5, 0.6) is 0 Å². The molecule has 144 valence electrons. The molecule has 0 aromatic heterocycles. The number of carbonyl (C=O) groups is 3. The van der Waals surface area contributed by atoms with Gasteiger partial charge in [0.15, 0.2) is 0 Å². The van der Waals surface area contributed by atoms with Crippen molar-refractivity contribution in [2.75, 3.05) is 12.4 Å². The highest BCUT2D eigenvalue weighted by molar-refractivity contribution is 6.34. The highest BCUT2D eigenvalue weighted by Crippen LogP contribution is 2.32. The van der Waals surface area contributed by atoms with Crippen molar-refractivity contribution in [2.24, 2.45) is 0 Å². The van der Waals surface area contributed by atoms with Crippen LogP contribution >= 0.6 is 11.6 Å². The predicted octanol–water partition coefficient (Wildman–Crippen LogP) is 2.14. The van der Waals surface area contributed by atoms with Gasteiger partial charge in [-0.05, 0) is 32.0 Å². The lowest BCUT2D eigenvalue weighted by molar-refractivity contribution is -0.242. The van der Waals surface area contributed by atoms with E-state index in [-0.39, 0.29) is 23.2 Å². The zero-order valence-corrected chi connectivity index (χ0v) is 14.6. The molecule has 0 bridgehead atoms. The van der Waals surface area contributed by atoms with Gasteiger partial charge in [0.2, 0.25) is 5.60 Å². The molecule has 0 fully saturated rings. The van der Waals surface area contributed by atoms with Gasteiger partial charge in [-0.25, -0.2) is 4.79 Å². The van der Waals surface area contributed by atoms with E-state index in [0.717, 1.165) is 23.1 Å². The molecule has 3 N–H and O–H groups in total. The molecule has 1 aromatic rings. The third-order valence-electron chi connectivity index (χ3n) is 3.72. The number of anilines is 1. The Labute approximate surface area is 151 Å². The van der Waals surface area contributed by atoms with Crippen LogP contribution in [0.3, 0.4) is 0 Å². The molecule has 0 aliphatic rings. The minimum Gasteiger partial charge on any atom is -0.480 e. The maximum absolute atomic E-state index is 12.6. The van der Waals surface area contributed by atoms with Gasteiger partial charge in [-0.1, -0.05) is 11.6 Å². The van der Waals surface area contributed by atoms with Gasteiger partial charge in [-0.2, -0.15) is 13.2 Å². The molecule has 0 heterocycles. The van der Waals surface area contributed by atoms with Crippen molar-refractivity contribution in [3.8, 4) is 0 Å². The van der Waals surface area contributed by atoms with Gasteiger partial charge in [0.05, 0.1) is 10.7 Å². The number of hydrogen-bond acceptors (Lipinski definition) is 4. The number of alkyl halides is 3. The van der Waals surface area contributed by atoms with E-state index in [1.165, 1.54) is 14.0 Å². The van der Waals surface area contributed by atoms with Crippen LogP contribution < -0.4 is 5.32 Å². The smallest absolute Gasteiger partial charge is 0.426 e. The normalized spacial score (nSPS) is 14.9. The molecule has 1 rings (SSSR count). The Morgan fingerprint density at radius 1 is 1.27 bits per heavy atom. The van der Waals surface area contributed by atoms with Crippen LogP contribution in [-0.4, -0.2) is 57.8 Å². The largest absolute Gasteiger partial charge is 0.480 e. The molecular weight excluding hydrogens is 381 g/mol. The summed E-state index contributed by atoms with van der Waals surface area (Å²) in [5.74, 6) is -3.67. The minimum absolute atomic E-state index is 0.0359. The summed E-state index contributed by atoms with van der Waals surface area (Å²) in [7, 11) is 1.26. The number of carboxylic acid groups (broad SMARTS) is 1. The van der Waals surface area contributed by atoms with E-state index in [1.807, 2.05) is 5.32 Å². The third-order valence-corrected chi connectivity index (χ3v) is 4.03. The molecular formula is C15H16ClF3N2O5. The van der Waals surface area contributed by atoms with Crippen molar-refractivity contribution in [1.29, 1.82) is 0 Å². The number of hydrogen-bond donors (Lipinski definition) is 3. The molecule has 0 unspecified atom stereocenters. The van der Waals surface area contributed by atoms with Gasteiger partial charge in [-0.15, -0.1) is 0 Å². The number of rotatable bonds is 5. The van der Waals surface area contributed by atoms with Crippen molar-refractivity contribution < 1.29 is 37.8 Å². The van der Waals surface area contributed by atoms with Crippen LogP contribution in [0.25, 0.3) is 0 Å². The van der Waals surface area contributed by atoms with E-state index in [0.29, 0.717) is 0 Å². The average molecular weight is 397 g/mol. The van der Waals surface area contributed by atoms with Crippen LogP contribution in [0, 0.1) is 0 Å². The van der Waals surface area contributed by atoms with Gasteiger partial charge in [0.1, 0.15) is 6.04 Å². The van der Waals surface area contributed by atoms with Crippen molar-refractivity contribution in [2.45, 2.75) is 31.7 Å². The Kier molecular flexibility index (Phi) is 6.26. The first-order valence-corrected chi connectivity index (χ1v) is 7.48. The third kappa shape index (κ3) is 4.44. The van der Waals surface area contributed by atoms with E-state index in [2.05, 4.69) is 0 Å². The molecule has 1 aromatic carbocycles. The zero-order valence-electron chi connectivity index (χ0n) is 13.9.